The van der Waals surface area contributed by atoms with Crippen LogP contribution in [0.3, 0.4) is 0 Å². The van der Waals surface area contributed by atoms with Crippen molar-refractivity contribution in [3.05, 3.63) is 59.4 Å². The molecule has 0 bridgehead atoms. The van der Waals surface area contributed by atoms with Crippen molar-refractivity contribution in [2.75, 3.05) is 31.1 Å². The number of amides is 2. The number of benzene rings is 1. The molecule has 1 aliphatic rings. The highest BCUT2D eigenvalue weighted by atomic mass is 16.2. The summed E-state index contributed by atoms with van der Waals surface area (Å²) in [5.41, 5.74) is 3.63. The van der Waals surface area contributed by atoms with E-state index in [0.717, 1.165) is 29.9 Å². The minimum Gasteiger partial charge on any atom is -0.367 e. The van der Waals surface area contributed by atoms with Crippen molar-refractivity contribution >= 4 is 17.5 Å². The average molecular weight is 352 g/mol. The van der Waals surface area contributed by atoms with E-state index in [-0.39, 0.29) is 11.8 Å². The van der Waals surface area contributed by atoms with Crippen molar-refractivity contribution < 1.29 is 9.59 Å². The molecule has 0 atom stereocenters. The number of nitrogens with zero attached hydrogens (tertiary/aromatic N) is 3. The Hall–Kier alpha value is -2.89. The van der Waals surface area contributed by atoms with E-state index in [0.29, 0.717) is 25.3 Å². The number of carbonyl (C=O) groups excluding carboxylic acids is 2. The fraction of sp³-hybridized carbons (Fsp3) is 0.350. The molecule has 2 heterocycles. The van der Waals surface area contributed by atoms with Gasteiger partial charge in [-0.15, -0.1) is 0 Å². The number of aromatic nitrogens is 1. The van der Waals surface area contributed by atoms with Gasteiger partial charge < -0.3 is 15.1 Å². The van der Waals surface area contributed by atoms with E-state index in [1.54, 1.807) is 19.2 Å². The lowest BCUT2D eigenvalue weighted by atomic mass is 10.1. The van der Waals surface area contributed by atoms with Crippen molar-refractivity contribution in [2.45, 2.75) is 20.4 Å². The number of piperazine rings is 1. The molecule has 2 amide bonds. The molecule has 1 aromatic carbocycles. The largest absolute Gasteiger partial charge is 0.367 e. The van der Waals surface area contributed by atoms with E-state index in [2.05, 4.69) is 15.2 Å². The molecule has 1 aromatic heterocycles. The molecule has 1 N–H and O–H groups in total. The van der Waals surface area contributed by atoms with E-state index >= 15 is 0 Å². The summed E-state index contributed by atoms with van der Waals surface area (Å²) in [7, 11) is 0. The average Bonchev–Trinajstić information content (AvgIpc) is 2.67. The molecule has 0 saturated carbocycles. The van der Waals surface area contributed by atoms with Crippen LogP contribution in [0.15, 0.2) is 42.6 Å². The van der Waals surface area contributed by atoms with Gasteiger partial charge in [0.2, 0.25) is 5.91 Å². The number of nitrogens with one attached hydrogen (secondary N) is 1. The minimum absolute atomic E-state index is 0.114. The van der Waals surface area contributed by atoms with Gasteiger partial charge in [-0.05, 0) is 30.2 Å². The normalized spacial score (nSPS) is 14.2. The number of carbonyl (C=O) groups is 2. The summed E-state index contributed by atoms with van der Waals surface area (Å²) in [5.74, 6) is -0.0651. The van der Waals surface area contributed by atoms with E-state index in [1.165, 1.54) is 0 Å². The highest BCUT2D eigenvalue weighted by Crippen LogP contribution is 2.16. The molecule has 0 radical (unpaired) electrons. The lowest BCUT2D eigenvalue weighted by Gasteiger charge is -2.35. The molecule has 26 heavy (non-hydrogen) atoms. The molecule has 2 aromatic rings. The first kappa shape index (κ1) is 17.9. The molecule has 0 aliphatic carbocycles. The maximum Gasteiger partial charge on any atom is 0.270 e. The molecular weight excluding hydrogens is 328 g/mol. The number of hydrogen-bond donors (Lipinski definition) is 1. The monoisotopic (exact) mass is 352 g/mol. The van der Waals surface area contributed by atoms with Gasteiger partial charge in [-0.1, -0.05) is 24.3 Å². The van der Waals surface area contributed by atoms with Gasteiger partial charge in [-0.3, -0.25) is 9.59 Å². The van der Waals surface area contributed by atoms with E-state index in [4.69, 9.17) is 0 Å². The first-order valence-electron chi connectivity index (χ1n) is 8.84. The summed E-state index contributed by atoms with van der Waals surface area (Å²) in [6, 6.07) is 11.6. The van der Waals surface area contributed by atoms with Crippen LogP contribution in [-0.2, 0) is 11.3 Å². The number of pyridine rings is 1. The zero-order chi connectivity index (χ0) is 18.5. The number of anilines is 1. The van der Waals surface area contributed by atoms with Crippen LogP contribution < -0.4 is 10.2 Å². The molecule has 1 fully saturated rings. The molecule has 136 valence electrons. The van der Waals surface area contributed by atoms with Gasteiger partial charge in [0.25, 0.3) is 5.91 Å². The third-order valence-electron chi connectivity index (χ3n) is 4.77. The van der Waals surface area contributed by atoms with Crippen LogP contribution in [0.1, 0.15) is 28.5 Å². The summed E-state index contributed by atoms with van der Waals surface area (Å²) in [6.45, 7) is 7.10. The van der Waals surface area contributed by atoms with Gasteiger partial charge in [0.15, 0.2) is 0 Å². The molecule has 1 aliphatic heterocycles. The summed E-state index contributed by atoms with van der Waals surface area (Å²) in [5, 5.41) is 2.91. The van der Waals surface area contributed by atoms with Gasteiger partial charge in [0.1, 0.15) is 5.69 Å². The van der Waals surface area contributed by atoms with Crippen LogP contribution in [0, 0.1) is 6.92 Å². The van der Waals surface area contributed by atoms with Crippen LogP contribution in [0.2, 0.25) is 0 Å². The maximum absolute atomic E-state index is 12.3. The fourth-order valence-electron chi connectivity index (χ4n) is 3.06. The second kappa shape index (κ2) is 7.99. The van der Waals surface area contributed by atoms with Crippen LogP contribution >= 0.6 is 0 Å². The summed E-state index contributed by atoms with van der Waals surface area (Å²) < 4.78 is 0. The topological polar surface area (TPSA) is 65.5 Å². The second-order valence-corrected chi connectivity index (χ2v) is 6.50. The predicted octanol–water partition coefficient (Wildman–Crippen LogP) is 1.99. The third kappa shape index (κ3) is 4.20. The number of aryl methyl sites for hydroxylation is 1. The van der Waals surface area contributed by atoms with Gasteiger partial charge in [0.05, 0.1) is 11.9 Å². The maximum atomic E-state index is 12.3. The van der Waals surface area contributed by atoms with Crippen LogP contribution in [0.4, 0.5) is 5.69 Å². The first-order chi connectivity index (χ1) is 12.5. The van der Waals surface area contributed by atoms with Gasteiger partial charge in [-0.2, -0.15) is 0 Å². The Morgan fingerprint density at radius 3 is 2.42 bits per heavy atom. The van der Waals surface area contributed by atoms with E-state index < -0.39 is 0 Å². The van der Waals surface area contributed by atoms with E-state index in [9.17, 15) is 9.59 Å². The Balaban J connectivity index is 1.56. The van der Waals surface area contributed by atoms with Gasteiger partial charge in [0, 0.05) is 39.6 Å². The van der Waals surface area contributed by atoms with Crippen molar-refractivity contribution in [2.24, 2.45) is 0 Å². The van der Waals surface area contributed by atoms with Crippen molar-refractivity contribution in [3.63, 3.8) is 0 Å². The van der Waals surface area contributed by atoms with Crippen molar-refractivity contribution in [1.29, 1.82) is 0 Å². The molecule has 3 rings (SSSR count). The molecular formula is C20H24N4O2. The van der Waals surface area contributed by atoms with E-state index in [1.807, 2.05) is 42.2 Å². The van der Waals surface area contributed by atoms with Crippen molar-refractivity contribution in [1.82, 2.24) is 15.2 Å². The zero-order valence-corrected chi connectivity index (χ0v) is 15.2. The second-order valence-electron chi connectivity index (χ2n) is 6.50. The lowest BCUT2D eigenvalue weighted by Crippen LogP contribution is -2.48. The van der Waals surface area contributed by atoms with Crippen LogP contribution in [-0.4, -0.2) is 47.9 Å². The smallest absolute Gasteiger partial charge is 0.270 e. The highest BCUT2D eigenvalue weighted by molar-refractivity contribution is 5.92. The molecule has 6 nitrogen and oxygen atoms in total. The Morgan fingerprint density at radius 2 is 1.81 bits per heavy atom. The van der Waals surface area contributed by atoms with Gasteiger partial charge >= 0.3 is 0 Å². The zero-order valence-electron chi connectivity index (χ0n) is 15.2. The SMILES string of the molecule is CC(=O)N1CCN(c2ccc(C(=O)NCc3ccccc3C)nc2)CC1. The molecule has 0 unspecified atom stereocenters. The van der Waals surface area contributed by atoms with Crippen molar-refractivity contribution in [3.8, 4) is 0 Å². The lowest BCUT2D eigenvalue weighted by molar-refractivity contribution is -0.129. The Morgan fingerprint density at radius 1 is 1.08 bits per heavy atom. The summed E-state index contributed by atoms with van der Waals surface area (Å²) >= 11 is 0. The number of rotatable bonds is 4. The summed E-state index contributed by atoms with van der Waals surface area (Å²) in [6.07, 6.45) is 1.73. The van der Waals surface area contributed by atoms with Gasteiger partial charge in [-0.25, -0.2) is 4.98 Å². The number of hydrogen-bond acceptors (Lipinski definition) is 4. The predicted molar refractivity (Wildman–Crippen MR) is 101 cm³/mol. The summed E-state index contributed by atoms with van der Waals surface area (Å²) in [4.78, 5) is 32.0. The molecule has 6 heteroatoms. The third-order valence-corrected chi connectivity index (χ3v) is 4.77. The molecule has 0 spiro atoms. The van der Waals surface area contributed by atoms with Crippen LogP contribution in [0.5, 0.6) is 0 Å². The highest BCUT2D eigenvalue weighted by Gasteiger charge is 2.19. The van der Waals surface area contributed by atoms with Crippen LogP contribution in [0.25, 0.3) is 0 Å². The fourth-order valence-corrected chi connectivity index (χ4v) is 3.06. The Kier molecular flexibility index (Phi) is 5.51. The Bertz CT molecular complexity index is 781. The Labute approximate surface area is 153 Å². The quantitative estimate of drug-likeness (QED) is 0.914. The first-order valence-corrected chi connectivity index (χ1v) is 8.84. The minimum atomic E-state index is -0.179. The standard InChI is InChI=1S/C20H24N4O2/c1-15-5-3-4-6-17(15)13-22-20(26)19-8-7-18(14-21-19)24-11-9-23(10-12-24)16(2)25/h3-8,14H,9-13H2,1-2H3,(H,22,26). The molecule has 1 saturated heterocycles.